The minimum Gasteiger partial charge on any atom is -0.398 e. The number of allylic oxidation sites excluding steroid dienone is 2. The van der Waals surface area contributed by atoms with Crippen LogP contribution in [0.2, 0.25) is 0 Å². The first-order valence-electron chi connectivity index (χ1n) is 2.23. The number of hydrogen-bond acceptors (Lipinski definition) is 2. The Labute approximate surface area is 48.9 Å². The molecule has 0 aromatic rings. The number of nitrogens with two attached hydrogens (primary N) is 1. The Hall–Kier alpha value is -1.23. The second-order valence-electron chi connectivity index (χ2n) is 1.33. The van der Waals surface area contributed by atoms with Crippen molar-refractivity contribution >= 4 is 0 Å². The molecule has 0 aliphatic carbocycles. The van der Waals surface area contributed by atoms with Crippen molar-refractivity contribution in [3.63, 3.8) is 0 Å². The summed E-state index contributed by atoms with van der Waals surface area (Å²) in [6, 6.07) is 1.83. The van der Waals surface area contributed by atoms with Crippen LogP contribution in [0.1, 0.15) is 6.92 Å². The summed E-state index contributed by atoms with van der Waals surface area (Å²) in [7, 11) is 0. The van der Waals surface area contributed by atoms with Gasteiger partial charge in [-0.2, -0.15) is 5.26 Å². The molecule has 0 rings (SSSR count). The van der Waals surface area contributed by atoms with Gasteiger partial charge >= 0.3 is 0 Å². The highest BCUT2D eigenvalue weighted by atomic mass is 14.6. The molecule has 0 atom stereocenters. The average Bonchev–Trinajstić information content (AvgIpc) is 1.84. The number of rotatable bonds is 1. The fourth-order valence-corrected chi connectivity index (χ4v) is 0.239. The molecule has 2 heteroatoms. The Kier molecular flexibility index (Phi) is 2.42. The summed E-state index contributed by atoms with van der Waals surface area (Å²) < 4.78 is 0. The van der Waals surface area contributed by atoms with Gasteiger partial charge in [-0.05, 0) is 6.92 Å². The second kappa shape index (κ2) is 2.86. The van der Waals surface area contributed by atoms with Gasteiger partial charge in [-0.3, -0.25) is 0 Å². The maximum Gasteiger partial charge on any atom is 0.101 e. The van der Waals surface area contributed by atoms with Crippen LogP contribution in [0.15, 0.2) is 23.9 Å². The van der Waals surface area contributed by atoms with Gasteiger partial charge in [0.1, 0.15) is 6.07 Å². The highest BCUT2D eigenvalue weighted by Gasteiger charge is 1.89. The molecule has 2 N–H and O–H groups in total. The third-order valence-electron chi connectivity index (χ3n) is 0.794. The topological polar surface area (TPSA) is 49.8 Å². The summed E-state index contributed by atoms with van der Waals surface area (Å²) in [4.78, 5) is 0. The molecule has 8 heavy (non-hydrogen) atoms. The highest BCUT2D eigenvalue weighted by Crippen LogP contribution is 1.95. The van der Waals surface area contributed by atoms with E-state index in [1.165, 1.54) is 0 Å². The van der Waals surface area contributed by atoms with Gasteiger partial charge < -0.3 is 5.73 Å². The van der Waals surface area contributed by atoms with Gasteiger partial charge in [-0.15, -0.1) is 0 Å². The van der Waals surface area contributed by atoms with Crippen LogP contribution in [0.4, 0.5) is 0 Å². The molecule has 0 fully saturated rings. The summed E-state index contributed by atoms with van der Waals surface area (Å²) in [6.07, 6.45) is 1.64. The van der Waals surface area contributed by atoms with Crippen LogP contribution in [0, 0.1) is 11.3 Å². The fraction of sp³-hybridized carbons (Fsp3) is 0.167. The van der Waals surface area contributed by atoms with Gasteiger partial charge in [0.2, 0.25) is 0 Å². The molecule has 0 aromatic heterocycles. The zero-order valence-corrected chi connectivity index (χ0v) is 4.81. The predicted molar refractivity (Wildman–Crippen MR) is 32.7 cm³/mol. The molecule has 2 nitrogen and oxygen atoms in total. The average molecular weight is 108 g/mol. The molecule has 0 heterocycles. The quantitative estimate of drug-likeness (QED) is 0.401. The van der Waals surface area contributed by atoms with Crippen LogP contribution in [-0.4, -0.2) is 0 Å². The van der Waals surface area contributed by atoms with Crippen molar-refractivity contribution in [3.05, 3.63) is 23.9 Å². The van der Waals surface area contributed by atoms with Crippen LogP contribution >= 0.6 is 0 Å². The van der Waals surface area contributed by atoms with Crippen LogP contribution in [-0.2, 0) is 0 Å². The van der Waals surface area contributed by atoms with Crippen LogP contribution < -0.4 is 5.73 Å². The van der Waals surface area contributed by atoms with Gasteiger partial charge in [0.15, 0.2) is 0 Å². The van der Waals surface area contributed by atoms with Crippen molar-refractivity contribution in [3.8, 4) is 6.07 Å². The fourth-order valence-electron chi connectivity index (χ4n) is 0.239. The molecule has 42 valence electrons. The summed E-state index contributed by atoms with van der Waals surface area (Å²) in [6.45, 7) is 5.15. The first-order chi connectivity index (χ1) is 3.72. The lowest BCUT2D eigenvalue weighted by molar-refractivity contribution is 1.33. The minimum absolute atomic E-state index is 0.326. The van der Waals surface area contributed by atoms with E-state index in [0.29, 0.717) is 11.3 Å². The van der Waals surface area contributed by atoms with E-state index in [1.807, 2.05) is 6.07 Å². The van der Waals surface area contributed by atoms with Crippen molar-refractivity contribution in [2.24, 2.45) is 5.73 Å². The summed E-state index contributed by atoms with van der Waals surface area (Å²) in [5, 5.41) is 8.17. The van der Waals surface area contributed by atoms with E-state index < -0.39 is 0 Å². The molecule has 0 bridgehead atoms. The normalized spacial score (nSPS) is 10.2. The lowest BCUT2D eigenvalue weighted by Gasteiger charge is -1.89. The Morgan fingerprint density at radius 2 is 2.38 bits per heavy atom. The smallest absolute Gasteiger partial charge is 0.101 e. The lowest BCUT2D eigenvalue weighted by Crippen LogP contribution is -1.96. The molecule has 0 amide bonds. The molecule has 0 saturated heterocycles. The Bertz CT molecular complexity index is 160. The van der Waals surface area contributed by atoms with Crippen LogP contribution in [0.25, 0.3) is 0 Å². The first kappa shape index (κ1) is 6.77. The van der Waals surface area contributed by atoms with Crippen molar-refractivity contribution in [2.75, 3.05) is 0 Å². The number of hydrogen-bond donors (Lipinski definition) is 1. The van der Waals surface area contributed by atoms with E-state index in [4.69, 9.17) is 11.0 Å². The minimum atomic E-state index is 0.326. The van der Waals surface area contributed by atoms with Gasteiger partial charge in [0.25, 0.3) is 0 Å². The first-order valence-corrected chi connectivity index (χ1v) is 2.23. The summed E-state index contributed by atoms with van der Waals surface area (Å²) in [5.41, 5.74) is 6.04. The highest BCUT2D eigenvalue weighted by molar-refractivity contribution is 5.36. The Morgan fingerprint density at radius 3 is 2.50 bits per heavy atom. The third-order valence-corrected chi connectivity index (χ3v) is 0.794. The van der Waals surface area contributed by atoms with Crippen molar-refractivity contribution < 1.29 is 0 Å². The van der Waals surface area contributed by atoms with E-state index in [9.17, 15) is 0 Å². The van der Waals surface area contributed by atoms with E-state index >= 15 is 0 Å². The van der Waals surface area contributed by atoms with Crippen LogP contribution in [0.5, 0.6) is 0 Å². The van der Waals surface area contributed by atoms with Crippen molar-refractivity contribution in [1.29, 1.82) is 5.26 Å². The van der Waals surface area contributed by atoms with E-state index in [2.05, 4.69) is 6.58 Å². The van der Waals surface area contributed by atoms with Crippen molar-refractivity contribution in [2.45, 2.75) is 6.92 Å². The molecule has 0 aliphatic heterocycles. The monoisotopic (exact) mass is 108 g/mol. The maximum atomic E-state index is 8.17. The Balaban J connectivity index is 4.10. The van der Waals surface area contributed by atoms with E-state index in [0.717, 1.165) is 0 Å². The number of nitriles is 1. The lowest BCUT2D eigenvalue weighted by atomic mass is 10.2. The summed E-state index contributed by atoms with van der Waals surface area (Å²) in [5.74, 6) is 0. The zero-order valence-electron chi connectivity index (χ0n) is 4.81. The molecular weight excluding hydrogens is 100 g/mol. The van der Waals surface area contributed by atoms with Crippen LogP contribution in [0.3, 0.4) is 0 Å². The van der Waals surface area contributed by atoms with E-state index in [-0.39, 0.29) is 0 Å². The predicted octanol–water partition coefficient (Wildman–Crippen LogP) is 0.929. The van der Waals surface area contributed by atoms with Gasteiger partial charge in [0.05, 0.1) is 5.57 Å². The molecule has 0 aliphatic rings. The van der Waals surface area contributed by atoms with E-state index in [1.54, 1.807) is 13.0 Å². The largest absolute Gasteiger partial charge is 0.398 e. The number of nitrogens with zero attached hydrogens (tertiary/aromatic N) is 1. The molecule has 0 aromatic carbocycles. The molecule has 0 saturated carbocycles. The van der Waals surface area contributed by atoms with Crippen molar-refractivity contribution in [1.82, 2.24) is 0 Å². The van der Waals surface area contributed by atoms with Gasteiger partial charge in [-0.1, -0.05) is 12.7 Å². The third kappa shape index (κ3) is 1.48. The summed E-state index contributed by atoms with van der Waals surface area (Å²) >= 11 is 0. The second-order valence-corrected chi connectivity index (χ2v) is 1.33. The Morgan fingerprint density at radius 1 is 1.88 bits per heavy atom. The zero-order chi connectivity index (χ0) is 6.57. The molecule has 0 spiro atoms. The SMILES string of the molecule is C=C(C#N)/C(N)=C\C. The maximum absolute atomic E-state index is 8.17. The standard InChI is InChI=1S/C6H8N2/c1-3-6(8)5(2)4-7/h3H,2,8H2,1H3/b6-3+. The van der Waals surface area contributed by atoms with Gasteiger partial charge in [0, 0.05) is 5.70 Å². The van der Waals surface area contributed by atoms with Gasteiger partial charge in [-0.25, -0.2) is 0 Å². The molecule has 0 radical (unpaired) electrons. The molecule has 0 unspecified atom stereocenters. The molecular formula is C6H8N2.